The monoisotopic (exact) mass is 370 g/mol. The summed E-state index contributed by atoms with van der Waals surface area (Å²) in [6, 6.07) is 13.5. The Morgan fingerprint density at radius 2 is 1.87 bits per heavy atom. The van der Waals surface area contributed by atoms with Gasteiger partial charge in [-0.15, -0.1) is 5.10 Å². The molecule has 0 aliphatic rings. The molecule has 1 heterocycles. The van der Waals surface area contributed by atoms with Crippen molar-refractivity contribution in [3.63, 3.8) is 0 Å². The van der Waals surface area contributed by atoms with Crippen molar-refractivity contribution in [2.75, 3.05) is 5.32 Å². The molecule has 0 radical (unpaired) electrons. The van der Waals surface area contributed by atoms with E-state index in [0.717, 1.165) is 27.0 Å². The fraction of sp³-hybridized carbons (Fsp3) is 0.118. The van der Waals surface area contributed by atoms with Gasteiger partial charge in [-0.2, -0.15) is 0 Å². The van der Waals surface area contributed by atoms with Gasteiger partial charge in [0.25, 0.3) is 5.91 Å². The molecule has 3 aromatic rings. The van der Waals surface area contributed by atoms with Crippen molar-refractivity contribution in [3.05, 3.63) is 70.2 Å². The number of aromatic nitrogens is 3. The van der Waals surface area contributed by atoms with Crippen LogP contribution in [0.1, 0.15) is 21.7 Å². The maximum absolute atomic E-state index is 12.3. The fourth-order valence-electron chi connectivity index (χ4n) is 2.13. The van der Waals surface area contributed by atoms with Gasteiger partial charge in [0.05, 0.1) is 5.69 Å². The number of carbonyl (C=O) groups excluding carboxylic acids is 1. The second-order valence-corrected chi connectivity index (χ2v) is 6.18. The first-order valence-corrected chi connectivity index (χ1v) is 7.88. The van der Waals surface area contributed by atoms with E-state index in [2.05, 4.69) is 31.3 Å². The average Bonchev–Trinajstić information content (AvgIpc) is 3.01. The SMILES string of the molecule is Cc1ccc(-n2cnc(C(=O)Nc3ccc(Br)cc3C)n2)cc1. The molecule has 0 unspecified atom stereocenters. The highest BCUT2D eigenvalue weighted by Crippen LogP contribution is 2.20. The van der Waals surface area contributed by atoms with Crippen molar-refractivity contribution in [2.24, 2.45) is 0 Å². The Hall–Kier alpha value is -2.47. The summed E-state index contributed by atoms with van der Waals surface area (Å²) in [6.07, 6.45) is 1.54. The molecule has 0 saturated heterocycles. The van der Waals surface area contributed by atoms with Crippen LogP contribution in [0.25, 0.3) is 5.69 Å². The lowest BCUT2D eigenvalue weighted by molar-refractivity contribution is 0.101. The molecule has 2 aromatic carbocycles. The first kappa shape index (κ1) is 15.4. The van der Waals surface area contributed by atoms with E-state index in [9.17, 15) is 4.79 Å². The maximum Gasteiger partial charge on any atom is 0.295 e. The molecule has 3 rings (SSSR count). The van der Waals surface area contributed by atoms with Crippen molar-refractivity contribution in [2.45, 2.75) is 13.8 Å². The van der Waals surface area contributed by atoms with Crippen LogP contribution in [-0.4, -0.2) is 20.7 Å². The zero-order valence-electron chi connectivity index (χ0n) is 12.7. The second kappa shape index (κ2) is 6.34. The maximum atomic E-state index is 12.3. The number of nitrogens with zero attached hydrogens (tertiary/aromatic N) is 3. The third-order valence-corrected chi connectivity index (χ3v) is 3.92. The molecule has 23 heavy (non-hydrogen) atoms. The van der Waals surface area contributed by atoms with Gasteiger partial charge >= 0.3 is 0 Å². The number of benzene rings is 2. The van der Waals surface area contributed by atoms with Gasteiger partial charge in [0.2, 0.25) is 5.82 Å². The summed E-state index contributed by atoms with van der Waals surface area (Å²) in [4.78, 5) is 16.4. The summed E-state index contributed by atoms with van der Waals surface area (Å²) in [5.41, 5.74) is 3.73. The lowest BCUT2D eigenvalue weighted by Gasteiger charge is -2.06. The van der Waals surface area contributed by atoms with E-state index in [1.807, 2.05) is 56.3 Å². The van der Waals surface area contributed by atoms with Gasteiger partial charge in [-0.1, -0.05) is 33.6 Å². The first-order valence-electron chi connectivity index (χ1n) is 7.09. The van der Waals surface area contributed by atoms with Crippen LogP contribution in [0, 0.1) is 13.8 Å². The third-order valence-electron chi connectivity index (χ3n) is 3.43. The van der Waals surface area contributed by atoms with Crippen LogP contribution >= 0.6 is 15.9 Å². The second-order valence-electron chi connectivity index (χ2n) is 5.26. The Morgan fingerprint density at radius 1 is 1.13 bits per heavy atom. The number of anilines is 1. The summed E-state index contributed by atoms with van der Waals surface area (Å²) in [5.74, 6) is -0.200. The van der Waals surface area contributed by atoms with Crippen LogP contribution in [0.2, 0.25) is 0 Å². The van der Waals surface area contributed by atoms with E-state index in [4.69, 9.17) is 0 Å². The predicted molar refractivity (Wildman–Crippen MR) is 92.9 cm³/mol. The summed E-state index contributed by atoms with van der Waals surface area (Å²) in [7, 11) is 0. The number of hydrogen-bond donors (Lipinski definition) is 1. The summed E-state index contributed by atoms with van der Waals surface area (Å²) in [5, 5.41) is 7.07. The normalized spacial score (nSPS) is 10.6. The lowest BCUT2D eigenvalue weighted by atomic mass is 10.2. The largest absolute Gasteiger partial charge is 0.319 e. The molecule has 1 N–H and O–H groups in total. The number of nitrogens with one attached hydrogen (secondary N) is 1. The highest BCUT2D eigenvalue weighted by atomic mass is 79.9. The van der Waals surface area contributed by atoms with Crippen LogP contribution in [0.3, 0.4) is 0 Å². The summed E-state index contributed by atoms with van der Waals surface area (Å²) in [6.45, 7) is 3.95. The molecule has 0 bridgehead atoms. The van der Waals surface area contributed by atoms with E-state index in [1.165, 1.54) is 6.33 Å². The number of aryl methyl sites for hydroxylation is 2. The molecule has 5 nitrogen and oxygen atoms in total. The van der Waals surface area contributed by atoms with Gasteiger partial charge in [-0.25, -0.2) is 9.67 Å². The van der Waals surface area contributed by atoms with Crippen molar-refractivity contribution in [3.8, 4) is 5.69 Å². The van der Waals surface area contributed by atoms with E-state index in [-0.39, 0.29) is 11.7 Å². The van der Waals surface area contributed by atoms with Crippen molar-refractivity contribution < 1.29 is 4.79 Å². The van der Waals surface area contributed by atoms with Gasteiger partial charge < -0.3 is 5.32 Å². The molecule has 0 atom stereocenters. The number of hydrogen-bond acceptors (Lipinski definition) is 3. The molecule has 0 aliphatic carbocycles. The lowest BCUT2D eigenvalue weighted by Crippen LogP contribution is -2.15. The van der Waals surface area contributed by atoms with E-state index in [1.54, 1.807) is 4.68 Å². The molecule has 1 aromatic heterocycles. The minimum Gasteiger partial charge on any atom is -0.319 e. The summed E-state index contributed by atoms with van der Waals surface area (Å²) >= 11 is 3.40. The fourth-order valence-corrected chi connectivity index (χ4v) is 2.61. The molecular formula is C17H15BrN4O. The Labute approximate surface area is 142 Å². The Bertz CT molecular complexity index is 855. The zero-order chi connectivity index (χ0) is 16.4. The Morgan fingerprint density at radius 3 is 2.57 bits per heavy atom. The predicted octanol–water partition coefficient (Wildman–Crippen LogP) is 3.90. The highest BCUT2D eigenvalue weighted by molar-refractivity contribution is 9.10. The number of halogens is 1. The van der Waals surface area contributed by atoms with Crippen LogP contribution in [0.4, 0.5) is 5.69 Å². The quantitative estimate of drug-likeness (QED) is 0.760. The highest BCUT2D eigenvalue weighted by Gasteiger charge is 2.13. The number of carbonyl (C=O) groups is 1. The van der Waals surface area contributed by atoms with Crippen molar-refractivity contribution in [1.29, 1.82) is 0 Å². The first-order chi connectivity index (χ1) is 11.0. The number of amides is 1. The van der Waals surface area contributed by atoms with E-state index >= 15 is 0 Å². The topological polar surface area (TPSA) is 59.8 Å². The Kier molecular flexibility index (Phi) is 4.25. The van der Waals surface area contributed by atoms with Crippen LogP contribution in [0.5, 0.6) is 0 Å². The van der Waals surface area contributed by atoms with Crippen molar-refractivity contribution >= 4 is 27.5 Å². The van der Waals surface area contributed by atoms with Gasteiger partial charge in [-0.05, 0) is 49.7 Å². The van der Waals surface area contributed by atoms with Gasteiger partial charge in [-0.3, -0.25) is 4.79 Å². The summed E-state index contributed by atoms with van der Waals surface area (Å²) < 4.78 is 2.55. The average molecular weight is 371 g/mol. The minimum atomic E-state index is -0.332. The number of rotatable bonds is 3. The molecule has 0 fully saturated rings. The van der Waals surface area contributed by atoms with E-state index < -0.39 is 0 Å². The van der Waals surface area contributed by atoms with Gasteiger partial charge in [0.15, 0.2) is 0 Å². The molecule has 116 valence electrons. The van der Waals surface area contributed by atoms with Gasteiger partial charge in [0, 0.05) is 10.2 Å². The van der Waals surface area contributed by atoms with Gasteiger partial charge in [0.1, 0.15) is 6.33 Å². The van der Waals surface area contributed by atoms with Crippen LogP contribution in [0.15, 0.2) is 53.3 Å². The molecular weight excluding hydrogens is 356 g/mol. The third kappa shape index (κ3) is 3.48. The van der Waals surface area contributed by atoms with E-state index in [0.29, 0.717) is 0 Å². The molecule has 6 heteroatoms. The Balaban J connectivity index is 1.79. The standard InChI is InChI=1S/C17H15BrN4O/c1-11-3-6-14(7-4-11)22-10-19-16(21-22)17(23)20-15-8-5-13(18)9-12(15)2/h3-10H,1-2H3,(H,20,23). The minimum absolute atomic E-state index is 0.132. The molecule has 0 aliphatic heterocycles. The molecule has 0 spiro atoms. The van der Waals surface area contributed by atoms with Crippen LogP contribution in [-0.2, 0) is 0 Å². The smallest absolute Gasteiger partial charge is 0.295 e. The van der Waals surface area contributed by atoms with Crippen molar-refractivity contribution in [1.82, 2.24) is 14.8 Å². The molecule has 0 saturated carbocycles. The van der Waals surface area contributed by atoms with Crippen LogP contribution < -0.4 is 5.32 Å². The molecule has 1 amide bonds. The zero-order valence-corrected chi connectivity index (χ0v) is 14.3.